The molecule has 0 heterocycles. The normalized spacial score (nSPS) is 12.3. The van der Waals surface area contributed by atoms with Gasteiger partial charge >= 0.3 is 0 Å². The van der Waals surface area contributed by atoms with Gasteiger partial charge in [0.2, 0.25) is 21.8 Å². The van der Waals surface area contributed by atoms with Crippen molar-refractivity contribution in [3.05, 3.63) is 63.1 Å². The van der Waals surface area contributed by atoms with Crippen molar-refractivity contribution in [1.29, 1.82) is 0 Å². The standard InChI is InChI=1S/C25H32Cl3N3O4S/c1-5-22(25(33)29-17(2)3)30(16-18-9-6-7-10-20(18)27)24(32)11-8-14-31(36(4,34)35)23-15-19(26)12-13-21(23)28/h6-7,9-10,12-13,15,17,22H,5,8,11,14,16H2,1-4H3,(H,29,33)/t22-/m0/s1. The molecular weight excluding hydrogens is 545 g/mol. The van der Waals surface area contributed by atoms with E-state index < -0.39 is 16.1 Å². The van der Waals surface area contributed by atoms with Crippen molar-refractivity contribution in [2.75, 3.05) is 17.1 Å². The molecule has 2 aromatic carbocycles. The van der Waals surface area contributed by atoms with E-state index in [1.807, 2.05) is 32.9 Å². The maximum Gasteiger partial charge on any atom is 0.243 e. The van der Waals surface area contributed by atoms with E-state index >= 15 is 0 Å². The SMILES string of the molecule is CC[C@@H](C(=O)NC(C)C)N(Cc1ccccc1Cl)C(=O)CCCN(c1cc(Cl)ccc1Cl)S(C)(=O)=O. The Morgan fingerprint density at radius 2 is 1.69 bits per heavy atom. The maximum absolute atomic E-state index is 13.4. The van der Waals surface area contributed by atoms with Crippen LogP contribution in [0.5, 0.6) is 0 Å². The average molecular weight is 577 g/mol. The van der Waals surface area contributed by atoms with E-state index in [0.717, 1.165) is 10.6 Å². The highest BCUT2D eigenvalue weighted by Crippen LogP contribution is 2.31. The van der Waals surface area contributed by atoms with Crippen LogP contribution in [-0.2, 0) is 26.2 Å². The van der Waals surface area contributed by atoms with E-state index in [0.29, 0.717) is 22.0 Å². The molecule has 1 N–H and O–H groups in total. The highest BCUT2D eigenvalue weighted by molar-refractivity contribution is 7.92. The molecule has 0 saturated heterocycles. The number of carbonyl (C=O) groups is 2. The minimum atomic E-state index is -3.69. The van der Waals surface area contributed by atoms with E-state index in [1.165, 1.54) is 17.0 Å². The quantitative estimate of drug-likeness (QED) is 0.360. The summed E-state index contributed by atoms with van der Waals surface area (Å²) in [5.74, 6) is -0.539. The van der Waals surface area contributed by atoms with E-state index in [4.69, 9.17) is 34.8 Å². The van der Waals surface area contributed by atoms with Crippen molar-refractivity contribution in [2.45, 2.75) is 58.7 Å². The number of amides is 2. The molecule has 0 radical (unpaired) electrons. The number of sulfonamides is 1. The summed E-state index contributed by atoms with van der Waals surface area (Å²) in [4.78, 5) is 27.9. The number of nitrogens with zero attached hydrogens (tertiary/aromatic N) is 2. The fraction of sp³-hybridized carbons (Fsp3) is 0.440. The van der Waals surface area contributed by atoms with Crippen LogP contribution in [0, 0.1) is 0 Å². The number of hydrogen-bond acceptors (Lipinski definition) is 4. The van der Waals surface area contributed by atoms with Crippen molar-refractivity contribution in [2.24, 2.45) is 0 Å². The molecule has 0 spiro atoms. The Morgan fingerprint density at radius 3 is 2.28 bits per heavy atom. The molecular formula is C25H32Cl3N3O4S. The number of rotatable bonds is 12. The van der Waals surface area contributed by atoms with Crippen LogP contribution in [0.1, 0.15) is 45.6 Å². The lowest BCUT2D eigenvalue weighted by Crippen LogP contribution is -2.50. The molecule has 1 atom stereocenters. The number of carbonyl (C=O) groups excluding carboxylic acids is 2. The first-order valence-corrected chi connectivity index (χ1v) is 14.6. The minimum absolute atomic E-state index is 0.0134. The third kappa shape index (κ3) is 8.54. The Bertz CT molecular complexity index is 1170. The van der Waals surface area contributed by atoms with Gasteiger partial charge in [0.05, 0.1) is 17.0 Å². The van der Waals surface area contributed by atoms with Gasteiger partial charge in [-0.1, -0.05) is 59.9 Å². The van der Waals surface area contributed by atoms with Crippen molar-refractivity contribution in [3.8, 4) is 0 Å². The van der Waals surface area contributed by atoms with Crippen molar-refractivity contribution in [1.82, 2.24) is 10.2 Å². The van der Waals surface area contributed by atoms with Gasteiger partial charge in [-0.15, -0.1) is 0 Å². The smallest absolute Gasteiger partial charge is 0.243 e. The van der Waals surface area contributed by atoms with Crippen LogP contribution in [0.15, 0.2) is 42.5 Å². The van der Waals surface area contributed by atoms with Gasteiger partial charge in [0, 0.05) is 35.6 Å². The predicted octanol–water partition coefficient (Wildman–Crippen LogP) is 5.53. The van der Waals surface area contributed by atoms with Gasteiger partial charge in [-0.2, -0.15) is 0 Å². The van der Waals surface area contributed by atoms with Gasteiger partial charge < -0.3 is 10.2 Å². The lowest BCUT2D eigenvalue weighted by molar-refractivity contribution is -0.141. The predicted molar refractivity (Wildman–Crippen MR) is 147 cm³/mol. The summed E-state index contributed by atoms with van der Waals surface area (Å²) >= 11 is 18.6. The Kier molecular flexibility index (Phi) is 11.3. The van der Waals surface area contributed by atoms with Crippen molar-refractivity contribution < 1.29 is 18.0 Å². The zero-order chi connectivity index (χ0) is 27.0. The number of hydrogen-bond donors (Lipinski definition) is 1. The van der Waals surface area contributed by atoms with Gasteiger partial charge in [0.25, 0.3) is 0 Å². The summed E-state index contributed by atoms with van der Waals surface area (Å²) in [6, 6.07) is 10.9. The summed E-state index contributed by atoms with van der Waals surface area (Å²) in [5, 5.41) is 3.94. The molecule has 0 saturated carbocycles. The van der Waals surface area contributed by atoms with Crippen LogP contribution in [0.3, 0.4) is 0 Å². The second kappa shape index (κ2) is 13.5. The Labute approximate surface area is 228 Å². The Morgan fingerprint density at radius 1 is 1.03 bits per heavy atom. The highest BCUT2D eigenvalue weighted by Gasteiger charge is 2.29. The molecule has 198 valence electrons. The molecule has 0 fully saturated rings. The topological polar surface area (TPSA) is 86.8 Å². The molecule has 0 bridgehead atoms. The van der Waals surface area contributed by atoms with Gasteiger partial charge in [-0.3, -0.25) is 13.9 Å². The average Bonchev–Trinajstić information content (AvgIpc) is 2.78. The molecule has 2 rings (SSSR count). The molecule has 0 aromatic heterocycles. The molecule has 7 nitrogen and oxygen atoms in total. The lowest BCUT2D eigenvalue weighted by atomic mass is 10.1. The van der Waals surface area contributed by atoms with Crippen LogP contribution in [0.2, 0.25) is 15.1 Å². The molecule has 2 aromatic rings. The van der Waals surface area contributed by atoms with Crippen LogP contribution < -0.4 is 9.62 Å². The first kappa shape index (κ1) is 30.2. The van der Waals surface area contributed by atoms with Crippen LogP contribution >= 0.6 is 34.8 Å². The van der Waals surface area contributed by atoms with Crippen LogP contribution in [-0.4, -0.2) is 50.0 Å². The fourth-order valence-electron chi connectivity index (χ4n) is 3.77. The van der Waals surface area contributed by atoms with Gasteiger partial charge in [-0.05, 0) is 56.5 Å². The van der Waals surface area contributed by atoms with E-state index in [-0.39, 0.29) is 54.5 Å². The summed E-state index contributed by atoms with van der Waals surface area (Å²) in [7, 11) is -3.69. The summed E-state index contributed by atoms with van der Waals surface area (Å²) in [6.07, 6.45) is 1.69. The second-order valence-electron chi connectivity index (χ2n) is 8.73. The zero-order valence-electron chi connectivity index (χ0n) is 20.8. The molecule has 2 amide bonds. The van der Waals surface area contributed by atoms with Gasteiger partial charge in [0.15, 0.2) is 0 Å². The van der Waals surface area contributed by atoms with E-state index in [9.17, 15) is 18.0 Å². The first-order chi connectivity index (χ1) is 16.8. The van der Waals surface area contributed by atoms with E-state index in [1.54, 1.807) is 18.2 Å². The number of halogens is 3. The van der Waals surface area contributed by atoms with Gasteiger partial charge in [0.1, 0.15) is 6.04 Å². The molecule has 0 aliphatic rings. The first-order valence-electron chi connectivity index (χ1n) is 11.6. The second-order valence-corrected chi connectivity index (χ2v) is 11.9. The molecule has 36 heavy (non-hydrogen) atoms. The van der Waals surface area contributed by atoms with Crippen LogP contribution in [0.25, 0.3) is 0 Å². The van der Waals surface area contributed by atoms with E-state index in [2.05, 4.69) is 5.32 Å². The highest BCUT2D eigenvalue weighted by atomic mass is 35.5. The zero-order valence-corrected chi connectivity index (χ0v) is 23.9. The number of nitrogens with one attached hydrogen (secondary N) is 1. The summed E-state index contributed by atoms with van der Waals surface area (Å²) < 4.78 is 26.1. The van der Waals surface area contributed by atoms with Gasteiger partial charge in [-0.25, -0.2) is 8.42 Å². The summed E-state index contributed by atoms with van der Waals surface area (Å²) in [5.41, 5.74) is 0.960. The van der Waals surface area contributed by atoms with Crippen molar-refractivity contribution >= 4 is 62.3 Å². The monoisotopic (exact) mass is 575 g/mol. The maximum atomic E-state index is 13.4. The summed E-state index contributed by atoms with van der Waals surface area (Å²) in [6.45, 7) is 5.71. The third-order valence-corrected chi connectivity index (χ3v) is 7.55. The Balaban J connectivity index is 2.26. The molecule has 0 aliphatic carbocycles. The number of anilines is 1. The minimum Gasteiger partial charge on any atom is -0.352 e. The molecule has 11 heteroatoms. The third-order valence-electron chi connectivity index (χ3n) is 5.44. The largest absolute Gasteiger partial charge is 0.352 e. The fourth-order valence-corrected chi connectivity index (χ4v) is 5.37. The number of benzene rings is 2. The molecule has 0 aliphatic heterocycles. The molecule has 0 unspecified atom stereocenters. The lowest BCUT2D eigenvalue weighted by Gasteiger charge is -2.32. The van der Waals surface area contributed by atoms with Crippen LogP contribution in [0.4, 0.5) is 5.69 Å². The Hall–Kier alpha value is -2.00. The van der Waals surface area contributed by atoms with Crippen molar-refractivity contribution in [3.63, 3.8) is 0 Å².